The summed E-state index contributed by atoms with van der Waals surface area (Å²) in [6.07, 6.45) is 3.10. The van der Waals surface area contributed by atoms with Crippen LogP contribution in [0.2, 0.25) is 0 Å². The standard InChI is InChI=1S/C25H34O6/c1-16(2)14-30-23(27)21-19(12-11-18-9-7-6-8-10-18)22(24(28)31-15-17(3)4)25(5,29)13-20(21)26/h6-12,16-17,19,21-22,29H,13-15H2,1-5H3/b12-11+. The van der Waals surface area contributed by atoms with E-state index in [4.69, 9.17) is 9.47 Å². The molecule has 1 saturated carbocycles. The maximum Gasteiger partial charge on any atom is 0.317 e. The van der Waals surface area contributed by atoms with Gasteiger partial charge in [0.2, 0.25) is 0 Å². The van der Waals surface area contributed by atoms with Crippen molar-refractivity contribution in [2.75, 3.05) is 13.2 Å². The van der Waals surface area contributed by atoms with E-state index in [2.05, 4.69) is 0 Å². The summed E-state index contributed by atoms with van der Waals surface area (Å²) in [5, 5.41) is 11.0. The second kappa shape index (κ2) is 10.7. The van der Waals surface area contributed by atoms with Gasteiger partial charge in [-0.3, -0.25) is 14.4 Å². The van der Waals surface area contributed by atoms with Crippen LogP contribution in [0.15, 0.2) is 36.4 Å². The Labute approximate surface area is 184 Å². The molecule has 1 aromatic carbocycles. The van der Waals surface area contributed by atoms with Crippen LogP contribution in [0.1, 0.15) is 46.6 Å². The highest BCUT2D eigenvalue weighted by molar-refractivity contribution is 6.02. The third kappa shape index (κ3) is 6.76. The largest absolute Gasteiger partial charge is 0.465 e. The first kappa shape index (κ1) is 24.8. The molecule has 0 bridgehead atoms. The fourth-order valence-electron chi connectivity index (χ4n) is 3.78. The summed E-state index contributed by atoms with van der Waals surface area (Å²) in [7, 11) is 0. The number of allylic oxidation sites excluding steroid dienone is 1. The normalized spacial score (nSPS) is 26.5. The van der Waals surface area contributed by atoms with E-state index in [0.29, 0.717) is 0 Å². The molecule has 1 N–H and O–H groups in total. The first-order valence-corrected chi connectivity index (χ1v) is 10.8. The Morgan fingerprint density at radius 3 is 2.16 bits per heavy atom. The van der Waals surface area contributed by atoms with Crippen LogP contribution in [0.4, 0.5) is 0 Å². The maximum atomic E-state index is 13.0. The van der Waals surface area contributed by atoms with E-state index < -0.39 is 41.1 Å². The number of ketones is 1. The quantitative estimate of drug-likeness (QED) is 0.500. The fourth-order valence-corrected chi connectivity index (χ4v) is 3.78. The average molecular weight is 431 g/mol. The highest BCUT2D eigenvalue weighted by atomic mass is 16.5. The molecule has 4 atom stereocenters. The van der Waals surface area contributed by atoms with Crippen molar-refractivity contribution >= 4 is 23.8 Å². The van der Waals surface area contributed by atoms with Crippen molar-refractivity contribution in [2.24, 2.45) is 29.6 Å². The Morgan fingerprint density at radius 2 is 1.61 bits per heavy atom. The minimum absolute atomic E-state index is 0.107. The van der Waals surface area contributed by atoms with Gasteiger partial charge in [-0.2, -0.15) is 0 Å². The molecule has 1 fully saturated rings. The highest BCUT2D eigenvalue weighted by Gasteiger charge is 2.55. The number of hydrogen-bond donors (Lipinski definition) is 1. The molecule has 0 spiro atoms. The zero-order valence-corrected chi connectivity index (χ0v) is 19.0. The van der Waals surface area contributed by atoms with Gasteiger partial charge in [-0.25, -0.2) is 0 Å². The van der Waals surface area contributed by atoms with Crippen molar-refractivity contribution in [1.29, 1.82) is 0 Å². The van der Waals surface area contributed by atoms with Crippen LogP contribution in [0.3, 0.4) is 0 Å². The molecule has 6 heteroatoms. The van der Waals surface area contributed by atoms with Crippen LogP contribution in [-0.4, -0.2) is 41.6 Å². The molecule has 1 aromatic rings. The SMILES string of the molecule is CC(C)COC(=O)C1C(=O)CC(C)(O)C(C(=O)OCC(C)C)C1/C=C/c1ccccc1. The monoisotopic (exact) mass is 430 g/mol. The second-order valence-corrected chi connectivity index (χ2v) is 9.35. The van der Waals surface area contributed by atoms with Crippen LogP contribution in [0.25, 0.3) is 6.08 Å². The molecule has 0 saturated heterocycles. The number of esters is 2. The summed E-state index contributed by atoms with van der Waals surface area (Å²) >= 11 is 0. The maximum absolute atomic E-state index is 13.0. The van der Waals surface area contributed by atoms with Gasteiger partial charge in [0.05, 0.1) is 24.7 Å². The lowest BCUT2D eigenvalue weighted by molar-refractivity contribution is -0.176. The van der Waals surface area contributed by atoms with E-state index in [1.54, 1.807) is 12.2 Å². The van der Waals surface area contributed by atoms with Gasteiger partial charge in [0.25, 0.3) is 0 Å². The lowest BCUT2D eigenvalue weighted by Gasteiger charge is -2.42. The topological polar surface area (TPSA) is 89.9 Å². The number of aliphatic hydroxyl groups is 1. The van der Waals surface area contributed by atoms with E-state index in [-0.39, 0.29) is 31.5 Å². The fraction of sp³-hybridized carbons (Fsp3) is 0.560. The molecule has 0 heterocycles. The number of carbonyl (C=O) groups excluding carboxylic acids is 3. The number of Topliss-reactive ketones (excluding diaryl/α,β-unsaturated/α-hetero) is 1. The summed E-state index contributed by atoms with van der Waals surface area (Å²) in [6.45, 7) is 9.45. The molecule has 0 aliphatic heterocycles. The second-order valence-electron chi connectivity index (χ2n) is 9.35. The molecule has 0 aromatic heterocycles. The number of hydrogen-bond acceptors (Lipinski definition) is 6. The summed E-state index contributed by atoms with van der Waals surface area (Å²) in [6, 6.07) is 9.36. The number of ether oxygens (including phenoxy) is 2. The minimum Gasteiger partial charge on any atom is -0.465 e. The minimum atomic E-state index is -1.63. The van der Waals surface area contributed by atoms with Crippen molar-refractivity contribution in [3.8, 4) is 0 Å². The molecule has 2 rings (SSSR count). The zero-order chi connectivity index (χ0) is 23.2. The Morgan fingerprint density at radius 1 is 1.06 bits per heavy atom. The first-order valence-electron chi connectivity index (χ1n) is 10.8. The zero-order valence-electron chi connectivity index (χ0n) is 19.0. The number of benzene rings is 1. The molecule has 6 nitrogen and oxygen atoms in total. The Kier molecular flexibility index (Phi) is 8.57. The molecule has 0 amide bonds. The van der Waals surface area contributed by atoms with E-state index in [1.165, 1.54) is 6.92 Å². The molecular formula is C25H34O6. The molecule has 4 unspecified atom stereocenters. The van der Waals surface area contributed by atoms with Gasteiger partial charge in [-0.1, -0.05) is 70.2 Å². The predicted molar refractivity (Wildman–Crippen MR) is 118 cm³/mol. The summed E-state index contributed by atoms with van der Waals surface area (Å²) in [5.41, 5.74) is -0.783. The summed E-state index contributed by atoms with van der Waals surface area (Å²) in [5.74, 6) is -4.62. The van der Waals surface area contributed by atoms with Crippen molar-refractivity contribution in [2.45, 2.75) is 46.6 Å². The van der Waals surface area contributed by atoms with Crippen molar-refractivity contribution < 1.29 is 29.0 Å². The third-order valence-corrected chi connectivity index (χ3v) is 5.25. The average Bonchev–Trinajstić information content (AvgIpc) is 2.68. The summed E-state index contributed by atoms with van der Waals surface area (Å²) in [4.78, 5) is 38.8. The van der Waals surface area contributed by atoms with Gasteiger partial charge in [-0.15, -0.1) is 0 Å². The van der Waals surface area contributed by atoms with Gasteiger partial charge in [-0.05, 0) is 24.3 Å². The van der Waals surface area contributed by atoms with Crippen molar-refractivity contribution in [3.05, 3.63) is 42.0 Å². The van der Waals surface area contributed by atoms with E-state index in [9.17, 15) is 19.5 Å². The third-order valence-electron chi connectivity index (χ3n) is 5.25. The van der Waals surface area contributed by atoms with Crippen LogP contribution < -0.4 is 0 Å². The van der Waals surface area contributed by atoms with Crippen LogP contribution >= 0.6 is 0 Å². The number of rotatable bonds is 8. The lowest BCUT2D eigenvalue weighted by atomic mass is 9.63. The van der Waals surface area contributed by atoms with E-state index >= 15 is 0 Å². The predicted octanol–water partition coefficient (Wildman–Crippen LogP) is 3.67. The van der Waals surface area contributed by atoms with Gasteiger partial charge in [0, 0.05) is 12.3 Å². The van der Waals surface area contributed by atoms with E-state index in [0.717, 1.165) is 5.56 Å². The first-order chi connectivity index (χ1) is 14.5. The molecular weight excluding hydrogens is 396 g/mol. The van der Waals surface area contributed by atoms with Crippen LogP contribution in [0.5, 0.6) is 0 Å². The van der Waals surface area contributed by atoms with Gasteiger partial charge in [0.15, 0.2) is 5.78 Å². The Hall–Kier alpha value is -2.47. The van der Waals surface area contributed by atoms with Crippen LogP contribution in [-0.2, 0) is 23.9 Å². The van der Waals surface area contributed by atoms with Crippen molar-refractivity contribution in [1.82, 2.24) is 0 Å². The lowest BCUT2D eigenvalue weighted by Crippen LogP contribution is -2.56. The van der Waals surface area contributed by atoms with E-state index in [1.807, 2.05) is 58.0 Å². The Bertz CT molecular complexity index is 793. The van der Waals surface area contributed by atoms with Crippen LogP contribution in [0, 0.1) is 29.6 Å². The highest BCUT2D eigenvalue weighted by Crippen LogP contribution is 2.42. The smallest absolute Gasteiger partial charge is 0.317 e. The Balaban J connectivity index is 2.43. The summed E-state index contributed by atoms with van der Waals surface area (Å²) < 4.78 is 10.8. The molecule has 31 heavy (non-hydrogen) atoms. The molecule has 0 radical (unpaired) electrons. The van der Waals surface area contributed by atoms with Gasteiger partial charge in [0.1, 0.15) is 5.92 Å². The van der Waals surface area contributed by atoms with Gasteiger partial charge < -0.3 is 14.6 Å². The molecule has 170 valence electrons. The van der Waals surface area contributed by atoms with Gasteiger partial charge >= 0.3 is 11.9 Å². The molecule has 1 aliphatic carbocycles. The molecule has 1 aliphatic rings. The van der Waals surface area contributed by atoms with Crippen molar-refractivity contribution in [3.63, 3.8) is 0 Å². The number of carbonyl (C=O) groups is 3.